The van der Waals surface area contributed by atoms with Gasteiger partial charge in [0.05, 0.1) is 18.6 Å². The number of fused-ring (bicyclic) bond motifs is 1. The molecule has 1 aromatic heterocycles. The number of hydrogen-bond acceptors (Lipinski definition) is 2. The molecular weight excluding hydrogens is 238 g/mol. The van der Waals surface area contributed by atoms with E-state index in [9.17, 15) is 5.11 Å². The smallest absolute Gasteiger partial charge is 0.0592 e. The average Bonchev–Trinajstić information content (AvgIpc) is 2.75. The quantitative estimate of drug-likeness (QED) is 0.887. The first-order valence-electron chi connectivity index (χ1n) is 7.07. The van der Waals surface area contributed by atoms with Crippen LogP contribution in [0.4, 0.5) is 0 Å². The second-order valence-corrected chi connectivity index (χ2v) is 6.11. The molecule has 4 rings (SSSR count). The number of ether oxygens (including phenoxy) is 1. The maximum Gasteiger partial charge on any atom is 0.0592 e. The van der Waals surface area contributed by atoms with Gasteiger partial charge in [-0.25, -0.2) is 0 Å². The van der Waals surface area contributed by atoms with E-state index in [-0.39, 0.29) is 17.4 Å². The van der Waals surface area contributed by atoms with E-state index < -0.39 is 0 Å². The van der Waals surface area contributed by atoms with Crippen molar-refractivity contribution >= 4 is 10.9 Å². The number of aliphatic hydroxyl groups excluding tert-OH is 1. The number of para-hydroxylation sites is 1. The summed E-state index contributed by atoms with van der Waals surface area (Å²) in [6, 6.07) is 8.42. The highest BCUT2D eigenvalue weighted by Crippen LogP contribution is 2.59. The number of aromatic amines is 1. The number of rotatable bonds is 3. The molecule has 3 heteroatoms. The summed E-state index contributed by atoms with van der Waals surface area (Å²) in [7, 11) is 0. The van der Waals surface area contributed by atoms with Crippen LogP contribution in [0.1, 0.15) is 24.8 Å². The van der Waals surface area contributed by atoms with E-state index in [0.717, 1.165) is 26.1 Å². The summed E-state index contributed by atoms with van der Waals surface area (Å²) in [5.41, 5.74) is 2.56. The van der Waals surface area contributed by atoms with Crippen molar-refractivity contribution in [2.75, 3.05) is 19.8 Å². The third-order valence-electron chi connectivity index (χ3n) is 5.43. The van der Waals surface area contributed by atoms with Crippen LogP contribution in [0.25, 0.3) is 10.9 Å². The fourth-order valence-electron chi connectivity index (χ4n) is 3.91. The summed E-state index contributed by atoms with van der Waals surface area (Å²) >= 11 is 0. The maximum absolute atomic E-state index is 9.94. The van der Waals surface area contributed by atoms with E-state index in [0.29, 0.717) is 0 Å². The van der Waals surface area contributed by atoms with Gasteiger partial charge in [-0.05, 0) is 24.5 Å². The molecule has 3 nitrogen and oxygen atoms in total. The lowest BCUT2D eigenvalue weighted by Gasteiger charge is -2.59. The first-order chi connectivity index (χ1) is 9.31. The molecule has 0 unspecified atom stereocenters. The minimum absolute atomic E-state index is 0.0135. The molecule has 100 valence electrons. The predicted molar refractivity (Wildman–Crippen MR) is 74.2 cm³/mol. The monoisotopic (exact) mass is 257 g/mol. The molecule has 0 bridgehead atoms. The van der Waals surface area contributed by atoms with Gasteiger partial charge in [-0.3, -0.25) is 0 Å². The van der Waals surface area contributed by atoms with Gasteiger partial charge in [0.2, 0.25) is 0 Å². The van der Waals surface area contributed by atoms with Gasteiger partial charge < -0.3 is 14.8 Å². The van der Waals surface area contributed by atoms with Crippen LogP contribution in [0.5, 0.6) is 0 Å². The molecule has 2 heterocycles. The molecule has 1 aromatic carbocycles. The van der Waals surface area contributed by atoms with E-state index in [1.807, 2.05) is 0 Å². The summed E-state index contributed by atoms with van der Waals surface area (Å²) in [6.07, 6.45) is 5.59. The molecule has 2 N–H and O–H groups in total. The Morgan fingerprint density at radius 3 is 2.58 bits per heavy atom. The van der Waals surface area contributed by atoms with E-state index in [1.54, 1.807) is 0 Å². The fourth-order valence-corrected chi connectivity index (χ4v) is 3.91. The summed E-state index contributed by atoms with van der Waals surface area (Å²) in [5.74, 6) is 0. The zero-order valence-corrected chi connectivity index (χ0v) is 11.0. The van der Waals surface area contributed by atoms with Gasteiger partial charge in [0.1, 0.15) is 0 Å². The molecule has 2 aliphatic rings. The molecule has 2 fully saturated rings. The number of aliphatic hydroxyl groups is 1. The van der Waals surface area contributed by atoms with Gasteiger partial charge in [-0.15, -0.1) is 0 Å². The molecule has 1 aliphatic carbocycles. The van der Waals surface area contributed by atoms with Crippen molar-refractivity contribution in [2.45, 2.75) is 24.7 Å². The lowest BCUT2D eigenvalue weighted by Crippen LogP contribution is -2.63. The molecule has 0 spiro atoms. The number of nitrogens with one attached hydrogen (secondary N) is 1. The third-order valence-corrected chi connectivity index (χ3v) is 5.43. The van der Waals surface area contributed by atoms with Crippen molar-refractivity contribution in [2.24, 2.45) is 5.41 Å². The number of aromatic nitrogens is 1. The van der Waals surface area contributed by atoms with Crippen molar-refractivity contribution in [3.63, 3.8) is 0 Å². The topological polar surface area (TPSA) is 45.2 Å². The minimum atomic E-state index is 0.0135. The Morgan fingerprint density at radius 2 is 2.00 bits per heavy atom. The van der Waals surface area contributed by atoms with Crippen LogP contribution >= 0.6 is 0 Å². The molecule has 19 heavy (non-hydrogen) atoms. The summed E-state index contributed by atoms with van der Waals surface area (Å²) < 4.78 is 5.57. The predicted octanol–water partition coefficient (Wildman–Crippen LogP) is 2.60. The van der Waals surface area contributed by atoms with Crippen LogP contribution in [0, 0.1) is 5.41 Å². The first-order valence-corrected chi connectivity index (χ1v) is 7.07. The lowest BCUT2D eigenvalue weighted by molar-refractivity contribution is -0.172. The molecule has 0 amide bonds. The Hall–Kier alpha value is -1.32. The van der Waals surface area contributed by atoms with Crippen LogP contribution in [0.15, 0.2) is 30.5 Å². The van der Waals surface area contributed by atoms with E-state index >= 15 is 0 Å². The van der Waals surface area contributed by atoms with E-state index in [2.05, 4.69) is 35.4 Å². The van der Waals surface area contributed by atoms with Gasteiger partial charge in [-0.1, -0.05) is 24.6 Å². The van der Waals surface area contributed by atoms with Crippen molar-refractivity contribution in [1.29, 1.82) is 0 Å². The Balaban J connectivity index is 1.89. The van der Waals surface area contributed by atoms with Crippen molar-refractivity contribution < 1.29 is 9.84 Å². The lowest BCUT2D eigenvalue weighted by atomic mass is 9.50. The highest BCUT2D eigenvalue weighted by molar-refractivity contribution is 5.84. The normalized spacial score (nSPS) is 23.8. The van der Waals surface area contributed by atoms with Gasteiger partial charge in [0.15, 0.2) is 0 Å². The van der Waals surface area contributed by atoms with Crippen LogP contribution in [0.3, 0.4) is 0 Å². The average molecular weight is 257 g/mol. The summed E-state index contributed by atoms with van der Waals surface area (Å²) in [6.45, 7) is 1.76. The second kappa shape index (κ2) is 3.84. The molecule has 0 radical (unpaired) electrons. The van der Waals surface area contributed by atoms with Crippen molar-refractivity contribution in [1.82, 2.24) is 4.98 Å². The molecule has 2 aromatic rings. The third kappa shape index (κ3) is 1.30. The van der Waals surface area contributed by atoms with Gasteiger partial charge in [-0.2, -0.15) is 0 Å². The van der Waals surface area contributed by atoms with Crippen LogP contribution in [-0.4, -0.2) is 29.9 Å². The Morgan fingerprint density at radius 1 is 1.21 bits per heavy atom. The summed E-state index contributed by atoms with van der Waals surface area (Å²) in [4.78, 5) is 3.37. The van der Waals surface area contributed by atoms with Crippen LogP contribution in [0.2, 0.25) is 0 Å². The molecule has 1 aliphatic heterocycles. The van der Waals surface area contributed by atoms with Crippen LogP contribution in [-0.2, 0) is 10.2 Å². The fraction of sp³-hybridized carbons (Fsp3) is 0.500. The minimum Gasteiger partial charge on any atom is -0.396 e. The Bertz CT molecular complexity index is 602. The van der Waals surface area contributed by atoms with Crippen LogP contribution < -0.4 is 0 Å². The Labute approximate surface area is 112 Å². The van der Waals surface area contributed by atoms with Gasteiger partial charge in [0, 0.05) is 29.1 Å². The highest BCUT2D eigenvalue weighted by Gasteiger charge is 2.60. The largest absolute Gasteiger partial charge is 0.396 e. The van der Waals surface area contributed by atoms with E-state index in [4.69, 9.17) is 4.74 Å². The zero-order valence-electron chi connectivity index (χ0n) is 11.0. The van der Waals surface area contributed by atoms with Gasteiger partial charge in [0.25, 0.3) is 0 Å². The molecular formula is C16H19NO2. The second-order valence-electron chi connectivity index (χ2n) is 6.11. The summed E-state index contributed by atoms with van der Waals surface area (Å²) in [5, 5.41) is 11.2. The first kappa shape index (κ1) is 11.5. The molecule has 1 saturated heterocycles. The Kier molecular flexibility index (Phi) is 2.32. The number of hydrogen-bond donors (Lipinski definition) is 2. The van der Waals surface area contributed by atoms with Crippen molar-refractivity contribution in [3.8, 4) is 0 Å². The highest BCUT2D eigenvalue weighted by atomic mass is 16.5. The van der Waals surface area contributed by atoms with Crippen molar-refractivity contribution in [3.05, 3.63) is 36.0 Å². The van der Waals surface area contributed by atoms with Gasteiger partial charge >= 0.3 is 0 Å². The maximum atomic E-state index is 9.94. The number of H-pyrrole nitrogens is 1. The number of benzene rings is 1. The zero-order chi connectivity index (χ0) is 12.9. The SMILES string of the molecule is OCC1(C2(c3c[nH]c4ccccc34)COC2)CCC1. The molecule has 0 atom stereocenters. The molecule has 1 saturated carbocycles. The standard InChI is InChI=1S/C16H19NO2/c18-9-15(6-3-7-15)16(10-19-11-16)13-8-17-14-5-2-1-4-12(13)14/h1-2,4-5,8,17-18H,3,6-7,9-11H2. The van der Waals surface area contributed by atoms with E-state index in [1.165, 1.54) is 22.9 Å².